The van der Waals surface area contributed by atoms with Gasteiger partial charge in [-0.3, -0.25) is 0 Å². The lowest BCUT2D eigenvalue weighted by Gasteiger charge is -2.12. The molecule has 1 N–H and O–H groups in total. The molecule has 8 heteroatoms. The Morgan fingerprint density at radius 3 is 2.28 bits per heavy atom. The van der Waals surface area contributed by atoms with Crippen molar-refractivity contribution in [3.8, 4) is 0 Å². The summed E-state index contributed by atoms with van der Waals surface area (Å²) >= 11 is 3.27. The van der Waals surface area contributed by atoms with Crippen molar-refractivity contribution in [3.63, 3.8) is 0 Å². The van der Waals surface area contributed by atoms with Gasteiger partial charge in [0.1, 0.15) is 0 Å². The van der Waals surface area contributed by atoms with Gasteiger partial charge >= 0.3 is 5.97 Å². The van der Waals surface area contributed by atoms with Crippen LogP contribution in [-0.4, -0.2) is 28.7 Å². The number of aromatic nitrogens is 2. The average Bonchev–Trinajstić information content (AvgIpc) is 2.85. The Hall–Kier alpha value is -2.19. The lowest BCUT2D eigenvalue weighted by molar-refractivity contribution is 0.0692. The summed E-state index contributed by atoms with van der Waals surface area (Å²) in [6.07, 6.45) is 0. The van der Waals surface area contributed by atoms with Gasteiger partial charge in [-0.2, -0.15) is 12.5 Å². The molecule has 0 saturated heterocycles. The quantitative estimate of drug-likeness (QED) is 0.695. The SMILES string of the molecule is Cc1cc(C)c(S(=O)(=O)n2nc(C(=O)O)c3cc(Br)ccc32)c(C)c1. The van der Waals surface area contributed by atoms with Crippen LogP contribution in [0.1, 0.15) is 27.2 Å². The molecule has 0 unspecified atom stereocenters. The Labute approximate surface area is 153 Å². The van der Waals surface area contributed by atoms with Crippen molar-refractivity contribution in [2.24, 2.45) is 0 Å². The number of carbonyl (C=O) groups is 1. The largest absolute Gasteiger partial charge is 0.476 e. The topological polar surface area (TPSA) is 89.3 Å². The first-order valence-corrected chi connectivity index (χ1v) is 9.61. The van der Waals surface area contributed by atoms with Gasteiger partial charge in [0.15, 0.2) is 5.69 Å². The molecular weight excluding hydrogens is 408 g/mol. The number of carboxylic acids is 1. The molecule has 0 saturated carbocycles. The zero-order chi connectivity index (χ0) is 18.5. The fraction of sp³-hybridized carbons (Fsp3) is 0.176. The number of hydrogen-bond donors (Lipinski definition) is 1. The van der Waals surface area contributed by atoms with Crippen LogP contribution >= 0.6 is 15.9 Å². The van der Waals surface area contributed by atoms with Crippen molar-refractivity contribution < 1.29 is 18.3 Å². The van der Waals surface area contributed by atoms with Crippen molar-refractivity contribution in [3.05, 3.63) is 57.2 Å². The minimum atomic E-state index is -4.04. The molecule has 0 radical (unpaired) electrons. The van der Waals surface area contributed by atoms with Crippen LogP contribution in [0.4, 0.5) is 0 Å². The van der Waals surface area contributed by atoms with Crippen LogP contribution in [0, 0.1) is 20.8 Å². The van der Waals surface area contributed by atoms with Gasteiger partial charge in [0, 0.05) is 9.86 Å². The molecule has 0 spiro atoms. The molecule has 0 aliphatic rings. The molecule has 6 nitrogen and oxygen atoms in total. The summed E-state index contributed by atoms with van der Waals surface area (Å²) in [6.45, 7) is 5.32. The van der Waals surface area contributed by atoms with Gasteiger partial charge in [0.2, 0.25) is 0 Å². The Morgan fingerprint density at radius 1 is 1.12 bits per heavy atom. The van der Waals surface area contributed by atoms with Gasteiger partial charge in [-0.1, -0.05) is 33.6 Å². The van der Waals surface area contributed by atoms with E-state index in [0.29, 0.717) is 15.6 Å². The molecule has 0 atom stereocenters. The fourth-order valence-corrected chi connectivity index (χ4v) is 5.14. The first kappa shape index (κ1) is 17.6. The summed E-state index contributed by atoms with van der Waals surface area (Å²) < 4.78 is 27.9. The highest BCUT2D eigenvalue weighted by Crippen LogP contribution is 2.29. The molecule has 130 valence electrons. The second-order valence-electron chi connectivity index (χ2n) is 5.89. The highest BCUT2D eigenvalue weighted by molar-refractivity contribution is 9.10. The lowest BCUT2D eigenvalue weighted by Crippen LogP contribution is -2.18. The maximum atomic E-state index is 13.2. The maximum absolute atomic E-state index is 13.2. The second-order valence-corrected chi connectivity index (χ2v) is 8.51. The summed E-state index contributed by atoms with van der Waals surface area (Å²) in [5.41, 5.74) is 2.06. The molecule has 3 rings (SSSR count). The van der Waals surface area contributed by atoms with E-state index >= 15 is 0 Å². The number of aryl methyl sites for hydroxylation is 3. The normalized spacial score (nSPS) is 11.8. The summed E-state index contributed by atoms with van der Waals surface area (Å²) in [6, 6.07) is 8.29. The Morgan fingerprint density at radius 2 is 1.72 bits per heavy atom. The van der Waals surface area contributed by atoms with Crippen LogP contribution in [0.2, 0.25) is 0 Å². The molecule has 25 heavy (non-hydrogen) atoms. The minimum absolute atomic E-state index is 0.141. The number of halogens is 1. The van der Waals surface area contributed by atoms with E-state index in [9.17, 15) is 18.3 Å². The molecule has 0 aliphatic heterocycles. The molecule has 2 aromatic carbocycles. The van der Waals surface area contributed by atoms with E-state index < -0.39 is 16.0 Å². The molecule has 1 heterocycles. The molecule has 0 aliphatic carbocycles. The fourth-order valence-electron chi connectivity index (χ4n) is 3.06. The third-order valence-corrected chi connectivity index (χ3v) is 6.29. The van der Waals surface area contributed by atoms with Gasteiger partial charge in [-0.15, -0.1) is 5.10 Å². The maximum Gasteiger partial charge on any atom is 0.357 e. The monoisotopic (exact) mass is 422 g/mol. The first-order chi connectivity index (χ1) is 11.6. The standard InChI is InChI=1S/C17H15BrN2O4S/c1-9-6-10(2)16(11(3)7-9)25(23,24)20-14-5-4-12(18)8-13(14)15(19-20)17(21)22/h4-8H,1-3H3,(H,21,22). The van der Waals surface area contributed by atoms with Gasteiger partial charge in [-0.25, -0.2) is 4.79 Å². The zero-order valence-corrected chi connectivity index (χ0v) is 16.1. The Bertz CT molecular complexity index is 1110. The Balaban J connectivity index is 2.39. The van der Waals surface area contributed by atoms with E-state index in [1.54, 1.807) is 38.1 Å². The second kappa shape index (κ2) is 5.96. The van der Waals surface area contributed by atoms with E-state index in [0.717, 1.165) is 9.65 Å². The van der Waals surface area contributed by atoms with Crippen molar-refractivity contribution in [2.75, 3.05) is 0 Å². The third-order valence-electron chi connectivity index (χ3n) is 3.90. The number of carboxylic acid groups (broad SMARTS) is 1. The molecule has 0 amide bonds. The van der Waals surface area contributed by atoms with Gasteiger partial charge in [0.05, 0.1) is 10.4 Å². The van der Waals surface area contributed by atoms with Gasteiger partial charge < -0.3 is 5.11 Å². The summed E-state index contributed by atoms with van der Waals surface area (Å²) in [4.78, 5) is 11.6. The smallest absolute Gasteiger partial charge is 0.357 e. The van der Waals surface area contributed by atoms with E-state index in [4.69, 9.17) is 0 Å². The minimum Gasteiger partial charge on any atom is -0.476 e. The highest BCUT2D eigenvalue weighted by Gasteiger charge is 2.28. The molecule has 0 bridgehead atoms. The molecular formula is C17H15BrN2O4S. The van der Waals surface area contributed by atoms with Crippen LogP contribution < -0.4 is 0 Å². The lowest BCUT2D eigenvalue weighted by atomic mass is 10.1. The van der Waals surface area contributed by atoms with Crippen molar-refractivity contribution in [1.82, 2.24) is 9.19 Å². The average molecular weight is 423 g/mol. The van der Waals surface area contributed by atoms with Gasteiger partial charge in [0.25, 0.3) is 10.0 Å². The summed E-state index contributed by atoms with van der Waals surface area (Å²) in [5.74, 6) is -1.28. The molecule has 1 aromatic heterocycles. The Kier molecular flexibility index (Phi) is 4.20. The van der Waals surface area contributed by atoms with E-state index in [-0.39, 0.29) is 21.5 Å². The van der Waals surface area contributed by atoms with E-state index in [2.05, 4.69) is 21.0 Å². The molecule has 0 fully saturated rings. The van der Waals surface area contributed by atoms with Crippen molar-refractivity contribution in [2.45, 2.75) is 25.7 Å². The van der Waals surface area contributed by atoms with Crippen LogP contribution in [0.5, 0.6) is 0 Å². The van der Waals surface area contributed by atoms with Crippen LogP contribution in [0.3, 0.4) is 0 Å². The van der Waals surface area contributed by atoms with Gasteiger partial charge in [-0.05, 0) is 50.1 Å². The van der Waals surface area contributed by atoms with Crippen molar-refractivity contribution in [1.29, 1.82) is 0 Å². The number of rotatable bonds is 3. The third kappa shape index (κ3) is 2.85. The number of benzene rings is 2. The van der Waals surface area contributed by atoms with E-state index in [1.165, 1.54) is 6.07 Å². The van der Waals surface area contributed by atoms with Crippen LogP contribution in [-0.2, 0) is 10.0 Å². The van der Waals surface area contributed by atoms with Crippen LogP contribution in [0.15, 0.2) is 39.7 Å². The first-order valence-electron chi connectivity index (χ1n) is 7.38. The number of aromatic carboxylic acids is 1. The number of hydrogen-bond acceptors (Lipinski definition) is 4. The summed E-state index contributed by atoms with van der Waals surface area (Å²) in [5, 5.41) is 13.5. The number of nitrogens with zero attached hydrogens (tertiary/aromatic N) is 2. The highest BCUT2D eigenvalue weighted by atomic mass is 79.9. The zero-order valence-electron chi connectivity index (χ0n) is 13.7. The predicted molar refractivity (Wildman–Crippen MR) is 97.6 cm³/mol. The summed E-state index contributed by atoms with van der Waals surface area (Å²) in [7, 11) is -4.04. The predicted octanol–water partition coefficient (Wildman–Crippen LogP) is 3.66. The van der Waals surface area contributed by atoms with Crippen LogP contribution in [0.25, 0.3) is 10.9 Å². The van der Waals surface area contributed by atoms with E-state index in [1.807, 2.05) is 6.92 Å². The number of fused-ring (bicyclic) bond motifs is 1. The van der Waals surface area contributed by atoms with Crippen molar-refractivity contribution >= 4 is 42.8 Å². The molecule has 3 aromatic rings.